The smallest absolute Gasteiger partial charge is 0.152 e. The van der Waals surface area contributed by atoms with E-state index in [-0.39, 0.29) is 6.04 Å². The van der Waals surface area contributed by atoms with Crippen LogP contribution in [0.25, 0.3) is 11.0 Å². The second kappa shape index (κ2) is 5.97. The van der Waals surface area contributed by atoms with E-state index in [1.54, 1.807) is 6.92 Å². The standard InChI is InChI=1S/C15H21NO3S/c1-4-9-16-15(11(2)20(3,17)18)14-10-12-7-5-6-8-13(12)19-14/h5-8,10-11,15-16H,4,9H2,1-3H3. The van der Waals surface area contributed by atoms with E-state index in [2.05, 4.69) is 5.32 Å². The van der Waals surface area contributed by atoms with Gasteiger partial charge in [0.2, 0.25) is 0 Å². The van der Waals surface area contributed by atoms with E-state index in [1.807, 2.05) is 37.3 Å². The summed E-state index contributed by atoms with van der Waals surface area (Å²) in [5.74, 6) is 0.678. The summed E-state index contributed by atoms with van der Waals surface area (Å²) in [5, 5.41) is 3.74. The second-order valence-corrected chi connectivity index (χ2v) is 7.56. The number of benzene rings is 1. The number of hydrogen-bond donors (Lipinski definition) is 1. The number of para-hydroxylation sites is 1. The summed E-state index contributed by atoms with van der Waals surface area (Å²) in [7, 11) is -3.14. The maximum Gasteiger partial charge on any atom is 0.152 e. The summed E-state index contributed by atoms with van der Waals surface area (Å²) < 4.78 is 29.5. The van der Waals surface area contributed by atoms with Gasteiger partial charge >= 0.3 is 0 Å². The average molecular weight is 295 g/mol. The number of nitrogens with one attached hydrogen (secondary N) is 1. The van der Waals surface area contributed by atoms with E-state index >= 15 is 0 Å². The van der Waals surface area contributed by atoms with Crippen LogP contribution in [0.1, 0.15) is 32.1 Å². The van der Waals surface area contributed by atoms with Crippen molar-refractivity contribution in [2.75, 3.05) is 12.8 Å². The molecule has 2 rings (SSSR count). The monoisotopic (exact) mass is 295 g/mol. The SMILES string of the molecule is CCCNC(c1cc2ccccc2o1)C(C)S(C)(=O)=O. The van der Waals surface area contributed by atoms with Crippen LogP contribution in [0.15, 0.2) is 34.7 Å². The Morgan fingerprint density at radius 2 is 2.00 bits per heavy atom. The lowest BCUT2D eigenvalue weighted by atomic mass is 10.1. The molecule has 0 bridgehead atoms. The van der Waals surface area contributed by atoms with Crippen LogP contribution in [0.4, 0.5) is 0 Å². The molecule has 0 saturated heterocycles. The minimum atomic E-state index is -3.14. The van der Waals surface area contributed by atoms with Crippen LogP contribution in [0.2, 0.25) is 0 Å². The lowest BCUT2D eigenvalue weighted by Gasteiger charge is -2.21. The first-order valence-electron chi connectivity index (χ1n) is 6.84. The van der Waals surface area contributed by atoms with Crippen molar-refractivity contribution in [3.8, 4) is 0 Å². The highest BCUT2D eigenvalue weighted by Crippen LogP contribution is 2.28. The van der Waals surface area contributed by atoms with Gasteiger partial charge < -0.3 is 9.73 Å². The summed E-state index contributed by atoms with van der Waals surface area (Å²) in [6.45, 7) is 4.52. The van der Waals surface area contributed by atoms with Crippen molar-refractivity contribution in [2.45, 2.75) is 31.6 Å². The molecule has 0 saturated carbocycles. The summed E-state index contributed by atoms with van der Waals surface area (Å²) in [4.78, 5) is 0. The molecule has 1 N–H and O–H groups in total. The fraction of sp³-hybridized carbons (Fsp3) is 0.467. The zero-order valence-electron chi connectivity index (χ0n) is 12.1. The molecule has 5 heteroatoms. The second-order valence-electron chi connectivity index (χ2n) is 5.15. The van der Waals surface area contributed by atoms with Gasteiger partial charge in [-0.1, -0.05) is 25.1 Å². The maximum atomic E-state index is 11.8. The van der Waals surface area contributed by atoms with Crippen LogP contribution in [0.3, 0.4) is 0 Å². The third-order valence-electron chi connectivity index (χ3n) is 3.51. The van der Waals surface area contributed by atoms with Crippen molar-refractivity contribution in [3.05, 3.63) is 36.1 Å². The minimum absolute atomic E-state index is 0.322. The number of sulfone groups is 1. The molecule has 2 atom stereocenters. The first kappa shape index (κ1) is 15.1. The van der Waals surface area contributed by atoms with Gasteiger partial charge in [-0.3, -0.25) is 0 Å². The van der Waals surface area contributed by atoms with Gasteiger partial charge in [-0.05, 0) is 32.0 Å². The summed E-state index contributed by atoms with van der Waals surface area (Å²) in [6, 6.07) is 9.30. The largest absolute Gasteiger partial charge is 0.459 e. The Kier molecular flexibility index (Phi) is 4.50. The van der Waals surface area contributed by atoms with E-state index in [9.17, 15) is 8.42 Å². The lowest BCUT2D eigenvalue weighted by Crippen LogP contribution is -2.35. The molecule has 2 unspecified atom stereocenters. The van der Waals surface area contributed by atoms with E-state index in [0.29, 0.717) is 5.76 Å². The van der Waals surface area contributed by atoms with Crippen LogP contribution in [0.5, 0.6) is 0 Å². The van der Waals surface area contributed by atoms with Crippen molar-refractivity contribution >= 4 is 20.8 Å². The molecule has 0 fully saturated rings. The highest BCUT2D eigenvalue weighted by molar-refractivity contribution is 7.91. The van der Waals surface area contributed by atoms with Crippen molar-refractivity contribution in [1.29, 1.82) is 0 Å². The molecule has 20 heavy (non-hydrogen) atoms. The molecule has 1 aromatic carbocycles. The van der Waals surface area contributed by atoms with Gasteiger partial charge in [-0.25, -0.2) is 8.42 Å². The summed E-state index contributed by atoms with van der Waals surface area (Å²) >= 11 is 0. The highest BCUT2D eigenvalue weighted by atomic mass is 32.2. The van der Waals surface area contributed by atoms with Gasteiger partial charge in [0, 0.05) is 11.6 Å². The molecule has 0 aliphatic heterocycles. The fourth-order valence-corrected chi connectivity index (χ4v) is 2.93. The van der Waals surface area contributed by atoms with Crippen molar-refractivity contribution in [2.24, 2.45) is 0 Å². The molecule has 1 aromatic heterocycles. The van der Waals surface area contributed by atoms with E-state index in [0.717, 1.165) is 23.9 Å². The van der Waals surface area contributed by atoms with Gasteiger partial charge in [0.25, 0.3) is 0 Å². The Morgan fingerprint density at radius 1 is 1.30 bits per heavy atom. The van der Waals surface area contributed by atoms with Crippen LogP contribution in [-0.2, 0) is 9.84 Å². The first-order valence-corrected chi connectivity index (χ1v) is 8.79. The predicted octanol–water partition coefficient (Wildman–Crippen LogP) is 2.91. The maximum absolute atomic E-state index is 11.8. The normalized spacial score (nSPS) is 15.3. The number of rotatable bonds is 6. The van der Waals surface area contributed by atoms with Crippen LogP contribution in [0, 0.1) is 0 Å². The third kappa shape index (κ3) is 3.22. The fourth-order valence-electron chi connectivity index (χ4n) is 2.20. The van der Waals surface area contributed by atoms with E-state index < -0.39 is 15.1 Å². The predicted molar refractivity (Wildman–Crippen MR) is 81.6 cm³/mol. The molecule has 0 radical (unpaired) electrons. The highest BCUT2D eigenvalue weighted by Gasteiger charge is 2.29. The van der Waals surface area contributed by atoms with Crippen molar-refractivity contribution in [3.63, 3.8) is 0 Å². The number of fused-ring (bicyclic) bond motifs is 1. The molecule has 4 nitrogen and oxygen atoms in total. The van der Waals surface area contributed by atoms with Gasteiger partial charge in [0.15, 0.2) is 9.84 Å². The number of furan rings is 1. The molecule has 2 aromatic rings. The molecule has 0 amide bonds. The first-order chi connectivity index (χ1) is 9.43. The zero-order chi connectivity index (χ0) is 14.8. The molecule has 110 valence electrons. The van der Waals surface area contributed by atoms with Crippen LogP contribution >= 0.6 is 0 Å². The molecule has 0 spiro atoms. The third-order valence-corrected chi connectivity index (χ3v) is 5.13. The molecular weight excluding hydrogens is 274 g/mol. The Labute approximate surface area is 120 Å². The average Bonchev–Trinajstić information content (AvgIpc) is 2.81. The quantitative estimate of drug-likeness (QED) is 0.890. The number of hydrogen-bond acceptors (Lipinski definition) is 4. The summed E-state index contributed by atoms with van der Waals surface area (Å²) in [6.07, 6.45) is 2.20. The molecule has 0 aliphatic carbocycles. The van der Waals surface area contributed by atoms with E-state index in [1.165, 1.54) is 6.26 Å². The molecular formula is C15H21NO3S. The Hall–Kier alpha value is -1.33. The Balaban J connectivity index is 2.39. The minimum Gasteiger partial charge on any atom is -0.459 e. The van der Waals surface area contributed by atoms with Crippen molar-refractivity contribution < 1.29 is 12.8 Å². The van der Waals surface area contributed by atoms with Gasteiger partial charge in [0.1, 0.15) is 11.3 Å². The van der Waals surface area contributed by atoms with Crippen molar-refractivity contribution in [1.82, 2.24) is 5.32 Å². The van der Waals surface area contributed by atoms with Gasteiger partial charge in [0.05, 0.1) is 11.3 Å². The van der Waals surface area contributed by atoms with Crippen LogP contribution < -0.4 is 5.32 Å². The Morgan fingerprint density at radius 3 is 2.60 bits per heavy atom. The van der Waals surface area contributed by atoms with E-state index in [4.69, 9.17) is 4.42 Å². The topological polar surface area (TPSA) is 59.3 Å². The van der Waals surface area contributed by atoms with Crippen LogP contribution in [-0.4, -0.2) is 26.5 Å². The summed E-state index contributed by atoms with van der Waals surface area (Å²) in [5.41, 5.74) is 0.784. The molecule has 0 aliphatic rings. The Bertz CT molecular complexity index is 642. The van der Waals surface area contributed by atoms with Gasteiger partial charge in [-0.15, -0.1) is 0 Å². The lowest BCUT2D eigenvalue weighted by molar-refractivity contribution is 0.417. The van der Waals surface area contributed by atoms with Gasteiger partial charge in [-0.2, -0.15) is 0 Å². The molecule has 1 heterocycles. The zero-order valence-corrected chi connectivity index (χ0v) is 12.9.